The van der Waals surface area contributed by atoms with E-state index in [9.17, 15) is 0 Å². The van der Waals surface area contributed by atoms with Crippen molar-refractivity contribution >= 4 is 40.0 Å². The molecule has 11 heavy (non-hydrogen) atoms. The maximum absolute atomic E-state index is 7.10. The van der Waals surface area contributed by atoms with Gasteiger partial charge in [-0.05, 0) is 18.2 Å². The van der Waals surface area contributed by atoms with Gasteiger partial charge in [-0.1, -0.05) is 34.8 Å². The lowest BCUT2D eigenvalue weighted by atomic mass is 10.2. The minimum Gasteiger partial charge on any atom is -0.289 e. The molecule has 0 amide bonds. The summed E-state index contributed by atoms with van der Waals surface area (Å²) in [5.41, 5.74) is 0.459. The monoisotopic (exact) mass is 207 g/mol. The lowest BCUT2D eigenvalue weighted by Crippen LogP contribution is -1.89. The largest absolute Gasteiger partial charge is 0.289 e. The van der Waals surface area contributed by atoms with Crippen molar-refractivity contribution in [1.82, 2.24) is 0 Å². The van der Waals surface area contributed by atoms with Crippen LogP contribution in [0, 0.1) is 5.41 Å². The standard InChI is InChI=1S/C7H4Cl3N/c8-4-1-2-6(9)5(3-4)7(10)11/h1-3,11H. The molecular weight excluding hydrogens is 204 g/mol. The minimum absolute atomic E-state index is 0.0995. The fourth-order valence-corrected chi connectivity index (χ4v) is 1.25. The molecular formula is C7H4Cl3N. The summed E-state index contributed by atoms with van der Waals surface area (Å²) in [5, 5.41) is 7.96. The SMILES string of the molecule is N=C(Cl)c1cc(Cl)ccc1Cl. The normalized spacial score (nSPS) is 9.73. The average molecular weight is 208 g/mol. The molecule has 1 aromatic rings. The summed E-state index contributed by atoms with van der Waals surface area (Å²) in [6.45, 7) is 0. The fraction of sp³-hybridized carbons (Fsp3) is 0. The minimum atomic E-state index is -0.0995. The fourth-order valence-electron chi connectivity index (χ4n) is 0.666. The van der Waals surface area contributed by atoms with Gasteiger partial charge in [0, 0.05) is 10.6 Å². The summed E-state index contributed by atoms with van der Waals surface area (Å²) in [7, 11) is 0. The number of halogens is 3. The van der Waals surface area contributed by atoms with Gasteiger partial charge >= 0.3 is 0 Å². The van der Waals surface area contributed by atoms with Crippen LogP contribution in [0.4, 0.5) is 0 Å². The molecule has 1 N–H and O–H groups in total. The maximum atomic E-state index is 7.10. The second-order valence-corrected chi connectivity index (χ2v) is 3.16. The Kier molecular flexibility index (Phi) is 2.77. The molecule has 0 bridgehead atoms. The summed E-state index contributed by atoms with van der Waals surface area (Å²) < 4.78 is 0. The molecule has 1 nitrogen and oxygen atoms in total. The Labute approximate surface area is 79.4 Å². The molecule has 0 aliphatic heterocycles. The van der Waals surface area contributed by atoms with Gasteiger partial charge in [-0.3, -0.25) is 5.41 Å². The van der Waals surface area contributed by atoms with Crippen molar-refractivity contribution in [2.75, 3.05) is 0 Å². The molecule has 0 unspecified atom stereocenters. The lowest BCUT2D eigenvalue weighted by molar-refractivity contribution is 1.52. The Balaban J connectivity index is 3.23. The van der Waals surface area contributed by atoms with Crippen molar-refractivity contribution in [1.29, 1.82) is 5.41 Å². The zero-order valence-electron chi connectivity index (χ0n) is 5.37. The molecule has 0 aromatic heterocycles. The zero-order chi connectivity index (χ0) is 8.43. The van der Waals surface area contributed by atoms with Gasteiger partial charge in [0.05, 0.1) is 5.02 Å². The number of hydrogen-bond acceptors (Lipinski definition) is 1. The van der Waals surface area contributed by atoms with Gasteiger partial charge < -0.3 is 0 Å². The van der Waals surface area contributed by atoms with Crippen molar-refractivity contribution in [2.45, 2.75) is 0 Å². The summed E-state index contributed by atoms with van der Waals surface area (Å²) in [6, 6.07) is 4.81. The highest BCUT2D eigenvalue weighted by Crippen LogP contribution is 2.21. The van der Waals surface area contributed by atoms with E-state index in [1.165, 1.54) is 0 Å². The van der Waals surface area contributed by atoms with Crippen molar-refractivity contribution in [2.24, 2.45) is 0 Å². The van der Waals surface area contributed by atoms with Crippen molar-refractivity contribution < 1.29 is 0 Å². The third-order valence-corrected chi connectivity index (χ3v) is 1.93. The van der Waals surface area contributed by atoms with Crippen molar-refractivity contribution in [3.05, 3.63) is 33.8 Å². The Morgan fingerprint density at radius 1 is 1.27 bits per heavy atom. The molecule has 0 radical (unpaired) electrons. The first kappa shape index (κ1) is 8.85. The van der Waals surface area contributed by atoms with Crippen LogP contribution in [0.15, 0.2) is 18.2 Å². The average Bonchev–Trinajstić information content (AvgIpc) is 1.94. The van der Waals surface area contributed by atoms with Gasteiger partial charge in [-0.25, -0.2) is 0 Å². The molecule has 4 heteroatoms. The third kappa shape index (κ3) is 2.09. The van der Waals surface area contributed by atoms with Gasteiger partial charge in [0.2, 0.25) is 0 Å². The second-order valence-electron chi connectivity index (χ2n) is 1.94. The van der Waals surface area contributed by atoms with E-state index in [0.29, 0.717) is 15.6 Å². The van der Waals surface area contributed by atoms with Crippen molar-refractivity contribution in [3.63, 3.8) is 0 Å². The van der Waals surface area contributed by atoms with Crippen LogP contribution in [-0.4, -0.2) is 5.17 Å². The smallest absolute Gasteiger partial charge is 0.129 e. The van der Waals surface area contributed by atoms with Crippen LogP contribution in [0.3, 0.4) is 0 Å². The van der Waals surface area contributed by atoms with E-state index in [1.54, 1.807) is 18.2 Å². The van der Waals surface area contributed by atoms with Crippen LogP contribution in [-0.2, 0) is 0 Å². The number of nitrogens with one attached hydrogen (secondary N) is 1. The molecule has 0 spiro atoms. The molecule has 0 aliphatic rings. The van der Waals surface area contributed by atoms with E-state index in [-0.39, 0.29) is 5.17 Å². The predicted molar refractivity (Wildman–Crippen MR) is 49.1 cm³/mol. The molecule has 0 aliphatic carbocycles. The van der Waals surface area contributed by atoms with Crippen LogP contribution in [0.1, 0.15) is 5.56 Å². The Morgan fingerprint density at radius 2 is 1.91 bits per heavy atom. The van der Waals surface area contributed by atoms with Crippen LogP contribution in [0.5, 0.6) is 0 Å². The number of rotatable bonds is 1. The highest BCUT2D eigenvalue weighted by molar-refractivity contribution is 6.69. The quantitative estimate of drug-likeness (QED) is 0.683. The van der Waals surface area contributed by atoms with E-state index in [2.05, 4.69) is 0 Å². The van der Waals surface area contributed by atoms with E-state index in [0.717, 1.165) is 0 Å². The van der Waals surface area contributed by atoms with Gasteiger partial charge in [0.1, 0.15) is 5.17 Å². The van der Waals surface area contributed by atoms with Gasteiger partial charge in [0.25, 0.3) is 0 Å². The molecule has 1 rings (SSSR count). The molecule has 0 heterocycles. The number of benzene rings is 1. The van der Waals surface area contributed by atoms with Crippen LogP contribution in [0.25, 0.3) is 0 Å². The molecule has 0 saturated carbocycles. The zero-order valence-corrected chi connectivity index (χ0v) is 7.63. The second kappa shape index (κ2) is 3.44. The van der Waals surface area contributed by atoms with Gasteiger partial charge in [0.15, 0.2) is 0 Å². The predicted octanol–water partition coefficient (Wildman–Crippen LogP) is 3.56. The molecule has 0 saturated heterocycles. The van der Waals surface area contributed by atoms with E-state index < -0.39 is 0 Å². The molecule has 0 atom stereocenters. The highest BCUT2D eigenvalue weighted by Gasteiger charge is 2.03. The van der Waals surface area contributed by atoms with E-state index in [1.807, 2.05) is 0 Å². The lowest BCUT2D eigenvalue weighted by Gasteiger charge is -1.99. The Hall–Kier alpha value is -0.240. The maximum Gasteiger partial charge on any atom is 0.129 e. The topological polar surface area (TPSA) is 23.9 Å². The van der Waals surface area contributed by atoms with Crippen molar-refractivity contribution in [3.8, 4) is 0 Å². The van der Waals surface area contributed by atoms with Crippen LogP contribution in [0.2, 0.25) is 10.0 Å². The molecule has 1 aromatic carbocycles. The third-order valence-electron chi connectivity index (χ3n) is 1.16. The molecule has 58 valence electrons. The van der Waals surface area contributed by atoms with Gasteiger partial charge in [-0.15, -0.1) is 0 Å². The summed E-state index contributed by atoms with van der Waals surface area (Å²) >= 11 is 16.8. The highest BCUT2D eigenvalue weighted by atomic mass is 35.5. The van der Waals surface area contributed by atoms with Crippen LogP contribution >= 0.6 is 34.8 Å². The first-order valence-corrected chi connectivity index (χ1v) is 3.94. The van der Waals surface area contributed by atoms with E-state index in [4.69, 9.17) is 40.2 Å². The summed E-state index contributed by atoms with van der Waals surface area (Å²) in [4.78, 5) is 0. The summed E-state index contributed by atoms with van der Waals surface area (Å²) in [6.07, 6.45) is 0. The Bertz CT molecular complexity index is 296. The first-order valence-electron chi connectivity index (χ1n) is 2.80. The Morgan fingerprint density at radius 3 is 2.36 bits per heavy atom. The molecule has 0 fully saturated rings. The van der Waals surface area contributed by atoms with Gasteiger partial charge in [-0.2, -0.15) is 0 Å². The number of hydrogen-bond donors (Lipinski definition) is 1. The van der Waals surface area contributed by atoms with E-state index >= 15 is 0 Å². The first-order chi connectivity index (χ1) is 5.11. The van der Waals surface area contributed by atoms with Crippen LogP contribution < -0.4 is 0 Å². The summed E-state index contributed by atoms with van der Waals surface area (Å²) in [5.74, 6) is 0.